The third-order valence-corrected chi connectivity index (χ3v) is 3.85. The molecule has 1 saturated carbocycles. The summed E-state index contributed by atoms with van der Waals surface area (Å²) in [5, 5.41) is 10.6. The van der Waals surface area contributed by atoms with Crippen LogP contribution in [0.5, 0.6) is 0 Å². The second kappa shape index (κ2) is 5.61. The lowest BCUT2D eigenvalue weighted by atomic mass is 9.85. The smallest absolute Gasteiger partial charge is 0.109 e. The first-order valence-corrected chi connectivity index (χ1v) is 6.42. The van der Waals surface area contributed by atoms with Gasteiger partial charge in [-0.05, 0) is 18.9 Å². The number of rotatable bonds is 3. The summed E-state index contributed by atoms with van der Waals surface area (Å²) in [4.78, 5) is 4.07. The number of ether oxygens (including phenoxy) is 1. The van der Waals surface area contributed by atoms with Gasteiger partial charge in [0.1, 0.15) is 6.10 Å². The van der Waals surface area contributed by atoms with Gasteiger partial charge in [-0.25, -0.2) is 0 Å². The molecule has 1 aliphatic rings. The second-order valence-corrected chi connectivity index (χ2v) is 4.87. The molecule has 1 aromatic heterocycles. The fourth-order valence-corrected chi connectivity index (χ4v) is 2.76. The van der Waals surface area contributed by atoms with Crippen LogP contribution in [0.2, 0.25) is 0 Å². The molecule has 1 aromatic rings. The Labute approximate surface area is 103 Å². The lowest BCUT2D eigenvalue weighted by Gasteiger charge is -2.36. The highest BCUT2D eigenvalue weighted by molar-refractivity contribution is 5.16. The van der Waals surface area contributed by atoms with Gasteiger partial charge in [-0.2, -0.15) is 0 Å². The van der Waals surface area contributed by atoms with E-state index in [1.54, 1.807) is 19.5 Å². The van der Waals surface area contributed by atoms with E-state index in [1.807, 2.05) is 12.1 Å². The standard InChI is InChI=1S/C14H21NO2/c1-17-14(8-4-2-3-5-9-14)13(16)12-7-6-10-15-11-12/h6-7,10-11,13,16H,2-5,8-9H2,1H3. The molecule has 1 atom stereocenters. The van der Waals surface area contributed by atoms with Gasteiger partial charge >= 0.3 is 0 Å². The van der Waals surface area contributed by atoms with Gasteiger partial charge in [0.2, 0.25) is 0 Å². The summed E-state index contributed by atoms with van der Waals surface area (Å²) in [5.74, 6) is 0. The minimum Gasteiger partial charge on any atom is -0.385 e. The quantitative estimate of drug-likeness (QED) is 0.819. The van der Waals surface area contributed by atoms with E-state index in [1.165, 1.54) is 12.8 Å². The summed E-state index contributed by atoms with van der Waals surface area (Å²) in [6, 6.07) is 3.78. The SMILES string of the molecule is COC1(C(O)c2cccnc2)CCCCCC1. The number of pyridine rings is 1. The van der Waals surface area contributed by atoms with Gasteiger partial charge in [0.25, 0.3) is 0 Å². The molecule has 3 heteroatoms. The number of aromatic nitrogens is 1. The average molecular weight is 235 g/mol. The van der Waals surface area contributed by atoms with E-state index >= 15 is 0 Å². The molecule has 17 heavy (non-hydrogen) atoms. The van der Waals surface area contributed by atoms with E-state index in [4.69, 9.17) is 4.74 Å². The topological polar surface area (TPSA) is 42.4 Å². The minimum absolute atomic E-state index is 0.417. The van der Waals surface area contributed by atoms with E-state index in [9.17, 15) is 5.11 Å². The molecule has 94 valence electrons. The monoisotopic (exact) mass is 235 g/mol. The lowest BCUT2D eigenvalue weighted by Crippen LogP contribution is -2.38. The normalized spacial score (nSPS) is 21.8. The molecule has 0 aliphatic heterocycles. The van der Waals surface area contributed by atoms with E-state index in [-0.39, 0.29) is 0 Å². The molecule has 0 bridgehead atoms. The molecule has 2 rings (SSSR count). The maximum atomic E-state index is 10.6. The summed E-state index contributed by atoms with van der Waals surface area (Å²) < 4.78 is 5.70. The molecular formula is C14H21NO2. The summed E-state index contributed by atoms with van der Waals surface area (Å²) in [7, 11) is 1.71. The van der Waals surface area contributed by atoms with Gasteiger partial charge in [0, 0.05) is 25.1 Å². The van der Waals surface area contributed by atoms with Crippen molar-refractivity contribution in [1.82, 2.24) is 4.98 Å². The fourth-order valence-electron chi connectivity index (χ4n) is 2.76. The van der Waals surface area contributed by atoms with E-state index in [2.05, 4.69) is 4.98 Å². The van der Waals surface area contributed by atoms with E-state index in [0.29, 0.717) is 0 Å². The van der Waals surface area contributed by atoms with Crippen molar-refractivity contribution >= 4 is 0 Å². The predicted molar refractivity (Wildman–Crippen MR) is 66.6 cm³/mol. The molecule has 1 unspecified atom stereocenters. The largest absolute Gasteiger partial charge is 0.385 e. The molecule has 1 fully saturated rings. The van der Waals surface area contributed by atoms with Crippen LogP contribution in [-0.2, 0) is 4.74 Å². The Kier molecular flexibility index (Phi) is 4.13. The third-order valence-electron chi connectivity index (χ3n) is 3.85. The van der Waals surface area contributed by atoms with Crippen LogP contribution in [0.1, 0.15) is 50.2 Å². The summed E-state index contributed by atoms with van der Waals surface area (Å²) in [5.41, 5.74) is 0.441. The highest BCUT2D eigenvalue weighted by Crippen LogP contribution is 2.39. The van der Waals surface area contributed by atoms with Crippen molar-refractivity contribution in [2.24, 2.45) is 0 Å². The first-order chi connectivity index (χ1) is 8.28. The van der Waals surface area contributed by atoms with Crippen LogP contribution in [0, 0.1) is 0 Å². The molecular weight excluding hydrogens is 214 g/mol. The third kappa shape index (κ3) is 2.67. The number of methoxy groups -OCH3 is 1. The highest BCUT2D eigenvalue weighted by Gasteiger charge is 2.39. The van der Waals surface area contributed by atoms with E-state index < -0.39 is 11.7 Å². The van der Waals surface area contributed by atoms with Crippen molar-refractivity contribution in [3.8, 4) is 0 Å². The van der Waals surface area contributed by atoms with Crippen LogP contribution in [-0.4, -0.2) is 22.8 Å². The van der Waals surface area contributed by atoms with Crippen molar-refractivity contribution < 1.29 is 9.84 Å². The molecule has 0 spiro atoms. The Morgan fingerprint density at radius 1 is 1.29 bits per heavy atom. The Morgan fingerprint density at radius 3 is 2.53 bits per heavy atom. The zero-order chi connectivity index (χ0) is 12.1. The molecule has 0 radical (unpaired) electrons. The minimum atomic E-state index is -0.570. The van der Waals surface area contributed by atoms with Crippen LogP contribution < -0.4 is 0 Å². The average Bonchev–Trinajstić information content (AvgIpc) is 2.65. The summed E-state index contributed by atoms with van der Waals surface area (Å²) in [6.45, 7) is 0. The van der Waals surface area contributed by atoms with Crippen LogP contribution in [0.4, 0.5) is 0 Å². The van der Waals surface area contributed by atoms with Gasteiger partial charge in [0.05, 0.1) is 5.60 Å². The predicted octanol–water partition coefficient (Wildman–Crippen LogP) is 2.85. The number of hydrogen-bond donors (Lipinski definition) is 1. The van der Waals surface area contributed by atoms with Gasteiger partial charge in [-0.15, -0.1) is 0 Å². The second-order valence-electron chi connectivity index (χ2n) is 4.87. The highest BCUT2D eigenvalue weighted by atomic mass is 16.5. The van der Waals surface area contributed by atoms with Crippen molar-refractivity contribution in [2.45, 2.75) is 50.2 Å². The van der Waals surface area contributed by atoms with Gasteiger partial charge < -0.3 is 9.84 Å². The molecule has 3 nitrogen and oxygen atoms in total. The van der Waals surface area contributed by atoms with Crippen LogP contribution >= 0.6 is 0 Å². The molecule has 0 amide bonds. The first kappa shape index (κ1) is 12.5. The Balaban J connectivity index is 2.21. The van der Waals surface area contributed by atoms with Gasteiger partial charge in [-0.3, -0.25) is 4.98 Å². The number of aliphatic hydroxyl groups excluding tert-OH is 1. The Morgan fingerprint density at radius 2 is 2.00 bits per heavy atom. The first-order valence-electron chi connectivity index (χ1n) is 6.42. The zero-order valence-corrected chi connectivity index (χ0v) is 10.4. The van der Waals surface area contributed by atoms with Crippen molar-refractivity contribution in [3.63, 3.8) is 0 Å². The van der Waals surface area contributed by atoms with Crippen LogP contribution in [0.3, 0.4) is 0 Å². The Bertz CT molecular complexity index is 331. The molecule has 1 aliphatic carbocycles. The van der Waals surface area contributed by atoms with Crippen molar-refractivity contribution in [3.05, 3.63) is 30.1 Å². The molecule has 1 heterocycles. The van der Waals surface area contributed by atoms with Crippen LogP contribution in [0.15, 0.2) is 24.5 Å². The van der Waals surface area contributed by atoms with Gasteiger partial charge in [0.15, 0.2) is 0 Å². The molecule has 1 N–H and O–H groups in total. The number of hydrogen-bond acceptors (Lipinski definition) is 3. The molecule has 0 saturated heterocycles. The fraction of sp³-hybridized carbons (Fsp3) is 0.643. The molecule has 0 aromatic carbocycles. The number of nitrogens with zero attached hydrogens (tertiary/aromatic N) is 1. The maximum Gasteiger partial charge on any atom is 0.109 e. The summed E-state index contributed by atoms with van der Waals surface area (Å²) in [6.07, 6.45) is 9.49. The number of aliphatic hydroxyl groups is 1. The lowest BCUT2D eigenvalue weighted by molar-refractivity contribution is -0.114. The van der Waals surface area contributed by atoms with Crippen LogP contribution in [0.25, 0.3) is 0 Å². The zero-order valence-electron chi connectivity index (χ0n) is 10.4. The van der Waals surface area contributed by atoms with Crippen molar-refractivity contribution in [1.29, 1.82) is 0 Å². The summed E-state index contributed by atoms with van der Waals surface area (Å²) >= 11 is 0. The van der Waals surface area contributed by atoms with Gasteiger partial charge in [-0.1, -0.05) is 31.7 Å². The van der Waals surface area contributed by atoms with Crippen molar-refractivity contribution in [2.75, 3.05) is 7.11 Å². The Hall–Kier alpha value is -0.930. The maximum absolute atomic E-state index is 10.6. The van der Waals surface area contributed by atoms with E-state index in [0.717, 1.165) is 31.2 Å².